The fraction of sp³-hybridized carbons (Fsp3) is 0.667. The van der Waals surface area contributed by atoms with E-state index in [2.05, 4.69) is 30.2 Å². The summed E-state index contributed by atoms with van der Waals surface area (Å²) in [5.74, 6) is -12.9. The van der Waals surface area contributed by atoms with Gasteiger partial charge < -0.3 is 56.0 Å². The summed E-state index contributed by atoms with van der Waals surface area (Å²) >= 11 is 1.02. The number of rotatable bonds is 11. The van der Waals surface area contributed by atoms with Crippen LogP contribution in [0.5, 0.6) is 0 Å². The fourth-order valence-corrected chi connectivity index (χ4v) is 8.18. The molecule has 0 spiro atoms. The summed E-state index contributed by atoms with van der Waals surface area (Å²) in [5.41, 5.74) is 6.80. The van der Waals surface area contributed by atoms with Crippen LogP contribution in [0.2, 0.25) is 0 Å². The molecule has 0 aromatic carbocycles. The molecular formula is C33H41N9Na4O10S. The minimum Gasteiger partial charge on any atom is -0.550 e. The smallest absolute Gasteiger partial charge is 0.550 e. The molecular weight excluding hydrogens is 806 g/mol. The number of carbonyl (C=O) groups is 6. The first kappa shape index (κ1) is 54.0. The molecule has 0 radical (unpaired) electrons. The van der Waals surface area contributed by atoms with Crippen molar-refractivity contribution in [1.82, 2.24) is 29.8 Å². The van der Waals surface area contributed by atoms with Crippen molar-refractivity contribution in [3.05, 3.63) is 12.0 Å². The number of nitrogens with one attached hydrogen (secondary N) is 2. The van der Waals surface area contributed by atoms with Gasteiger partial charge in [-0.25, -0.2) is 9.67 Å². The van der Waals surface area contributed by atoms with Crippen LogP contribution in [0.1, 0.15) is 90.3 Å². The van der Waals surface area contributed by atoms with E-state index in [0.29, 0.717) is 5.69 Å². The predicted octanol–water partition coefficient (Wildman–Crippen LogP) is -14.2. The number of hydrogen-bond acceptors (Lipinski definition) is 17. The van der Waals surface area contributed by atoms with Crippen LogP contribution in [0.25, 0.3) is 0 Å². The van der Waals surface area contributed by atoms with Gasteiger partial charge in [-0.15, -0.1) is 10.2 Å². The molecule has 6 atom stereocenters. The van der Waals surface area contributed by atoms with Gasteiger partial charge in [0.1, 0.15) is 12.1 Å². The van der Waals surface area contributed by atoms with Crippen molar-refractivity contribution in [1.29, 1.82) is 0 Å². The van der Waals surface area contributed by atoms with Crippen molar-refractivity contribution >= 4 is 63.9 Å². The van der Waals surface area contributed by atoms with Gasteiger partial charge in [-0.3, -0.25) is 9.59 Å². The second-order valence-corrected chi connectivity index (χ2v) is 16.1. The molecule has 3 fully saturated rings. The molecule has 24 heteroatoms. The van der Waals surface area contributed by atoms with Crippen LogP contribution in [-0.4, -0.2) is 66.9 Å². The number of carboxylic acids is 4. The number of nitrogens with zero attached hydrogens (tertiary/aromatic N) is 6. The Morgan fingerprint density at radius 1 is 0.684 bits per heavy atom. The van der Waals surface area contributed by atoms with E-state index >= 15 is 0 Å². The average Bonchev–Trinajstić information content (AvgIpc) is 3.74. The van der Waals surface area contributed by atoms with Gasteiger partial charge in [-0.1, -0.05) is 20.8 Å². The van der Waals surface area contributed by atoms with Crippen LogP contribution in [0, 0.1) is 35.5 Å². The van der Waals surface area contributed by atoms with Crippen molar-refractivity contribution < 1.29 is 167 Å². The predicted molar refractivity (Wildman–Crippen MR) is 175 cm³/mol. The molecule has 2 amide bonds. The standard InChI is InChI=1S/C33H45N9O10S.4Na/c1-33(2,3)24-23(39-40-32-35-13-36-53-32)25(34)42(41-24)22-11-14(26(43)37-20-7-16(28(45)46)5-17(8-20)29(47)48)4-15(12-22)27(44)38-21-9-18(30(49)50)6-19(10-21)31(51)52;;;;/h13-22H,4-12,34H2,1-3H3,(H,37,43)(H,38,44)(H,45,46)(H,47,48)(H,49,50)(H,51,52);;;;/q;4*+1/p-4. The Kier molecular flexibility index (Phi) is 22.1. The van der Waals surface area contributed by atoms with Crippen LogP contribution in [0.15, 0.2) is 16.6 Å². The molecule has 5 rings (SSSR count). The summed E-state index contributed by atoms with van der Waals surface area (Å²) in [4.78, 5) is 78.7. The van der Waals surface area contributed by atoms with Crippen LogP contribution < -0.4 is 155 Å². The van der Waals surface area contributed by atoms with Gasteiger partial charge in [-0.2, -0.15) is 9.47 Å². The molecule has 2 aromatic heterocycles. The van der Waals surface area contributed by atoms with Crippen molar-refractivity contribution in [3.8, 4) is 0 Å². The first-order valence-corrected chi connectivity index (χ1v) is 18.2. The number of amides is 2. The monoisotopic (exact) mass is 847 g/mol. The Hall–Kier alpha value is -1.01. The topological polar surface area (TPSA) is 313 Å². The molecule has 6 unspecified atom stereocenters. The zero-order chi connectivity index (χ0) is 38.8. The van der Waals surface area contributed by atoms with Gasteiger partial charge in [0.05, 0.1) is 11.7 Å². The quantitative estimate of drug-likeness (QED) is 0.140. The summed E-state index contributed by atoms with van der Waals surface area (Å²) in [6, 6.07) is -2.32. The number of carbonyl (C=O) groups excluding carboxylic acids is 6. The van der Waals surface area contributed by atoms with E-state index < -0.39 is 94.7 Å². The van der Waals surface area contributed by atoms with E-state index in [1.807, 2.05) is 20.8 Å². The molecule has 3 aliphatic rings. The Balaban J connectivity index is 0.00000406. The number of nitrogen functional groups attached to an aromatic ring is 1. The van der Waals surface area contributed by atoms with Gasteiger partial charge in [0.15, 0.2) is 5.69 Å². The first-order chi connectivity index (χ1) is 24.9. The van der Waals surface area contributed by atoms with E-state index in [0.717, 1.165) is 11.5 Å². The van der Waals surface area contributed by atoms with E-state index in [9.17, 15) is 49.2 Å². The third-order valence-electron chi connectivity index (χ3n) is 10.4. The normalized spacial score (nSPS) is 27.2. The summed E-state index contributed by atoms with van der Waals surface area (Å²) in [6.45, 7) is 5.68. The largest absolute Gasteiger partial charge is 1.00 e. The number of azo groups is 1. The Labute approximate surface area is 421 Å². The van der Waals surface area contributed by atoms with Gasteiger partial charge in [0.2, 0.25) is 16.9 Å². The van der Waals surface area contributed by atoms with E-state index in [1.54, 1.807) is 0 Å². The number of carboxylic acid groups (broad SMARTS) is 4. The maximum Gasteiger partial charge on any atom is 1.00 e. The first-order valence-electron chi connectivity index (χ1n) is 17.4. The summed E-state index contributed by atoms with van der Waals surface area (Å²) in [5, 5.41) is 65.9. The maximum atomic E-state index is 13.9. The molecule has 0 aliphatic heterocycles. The Bertz CT molecular complexity index is 1660. The van der Waals surface area contributed by atoms with Gasteiger partial charge >= 0.3 is 118 Å². The fourth-order valence-electron chi connectivity index (χ4n) is 7.82. The van der Waals surface area contributed by atoms with Crippen molar-refractivity contribution in [2.24, 2.45) is 45.7 Å². The molecule has 0 saturated heterocycles. The number of aliphatic carboxylic acids is 4. The molecule has 2 heterocycles. The molecule has 3 aliphatic carbocycles. The van der Waals surface area contributed by atoms with Gasteiger partial charge in [0, 0.05) is 88.4 Å². The molecule has 57 heavy (non-hydrogen) atoms. The molecule has 2 aromatic rings. The van der Waals surface area contributed by atoms with Gasteiger partial charge in [0.25, 0.3) is 0 Å². The third-order valence-corrected chi connectivity index (χ3v) is 11.0. The summed E-state index contributed by atoms with van der Waals surface area (Å²) in [6.07, 6.45) is 1.00. The Morgan fingerprint density at radius 2 is 1.09 bits per heavy atom. The van der Waals surface area contributed by atoms with Crippen molar-refractivity contribution in [2.45, 2.75) is 102 Å². The van der Waals surface area contributed by atoms with Crippen LogP contribution >= 0.6 is 11.5 Å². The zero-order valence-electron chi connectivity index (χ0n) is 33.4. The van der Waals surface area contributed by atoms with E-state index in [1.165, 1.54) is 11.0 Å². The van der Waals surface area contributed by atoms with Crippen LogP contribution in [-0.2, 0) is 34.2 Å². The molecule has 3 saturated carbocycles. The second-order valence-electron chi connectivity index (χ2n) is 15.3. The van der Waals surface area contributed by atoms with E-state index in [4.69, 9.17) is 10.8 Å². The molecule has 4 N–H and O–H groups in total. The minimum absolute atomic E-state index is 0. The second kappa shape index (κ2) is 23.3. The van der Waals surface area contributed by atoms with Crippen LogP contribution in [0.3, 0.4) is 0 Å². The number of hydrogen-bond donors (Lipinski definition) is 3. The Morgan fingerprint density at radius 3 is 1.44 bits per heavy atom. The zero-order valence-corrected chi connectivity index (χ0v) is 42.2. The number of aromatic nitrogens is 4. The SMILES string of the molecule is CC(C)(C)c1nn(C2CC(C(=O)NC3CC(C(=O)[O-])CC(C(=O)[O-])C3)CC(C(=O)NC3CC(C(=O)[O-])CC(C(=O)[O-])C3)C2)c(N)c1N=Nc1ncns1.[Na+].[Na+].[Na+].[Na+]. The molecule has 19 nitrogen and oxygen atoms in total. The third kappa shape index (κ3) is 14.0. The number of nitrogens with two attached hydrogens (primary N) is 1. The van der Waals surface area contributed by atoms with Crippen molar-refractivity contribution in [2.75, 3.05) is 5.73 Å². The molecule has 0 bridgehead atoms. The summed E-state index contributed by atoms with van der Waals surface area (Å²) in [7, 11) is 0. The summed E-state index contributed by atoms with van der Waals surface area (Å²) < 4.78 is 5.40. The number of anilines is 1. The maximum absolute atomic E-state index is 13.9. The van der Waals surface area contributed by atoms with E-state index in [-0.39, 0.29) is 193 Å². The molecule has 288 valence electrons. The van der Waals surface area contributed by atoms with Crippen LogP contribution in [0.4, 0.5) is 16.6 Å². The minimum atomic E-state index is -1.43. The average molecular weight is 848 g/mol. The van der Waals surface area contributed by atoms with Gasteiger partial charge in [-0.05, 0) is 57.8 Å². The van der Waals surface area contributed by atoms with Crippen molar-refractivity contribution in [3.63, 3.8) is 0 Å².